The number of para-hydroxylation sites is 1. The van der Waals surface area contributed by atoms with E-state index in [0.29, 0.717) is 17.8 Å². The Balaban J connectivity index is 1.28. The van der Waals surface area contributed by atoms with E-state index < -0.39 is 0 Å². The number of hydrogen-bond acceptors (Lipinski definition) is 7. The molecule has 1 aliphatic heterocycles. The van der Waals surface area contributed by atoms with Crippen LogP contribution in [0.2, 0.25) is 0 Å². The van der Waals surface area contributed by atoms with Gasteiger partial charge in [-0.1, -0.05) is 24.8 Å². The topological polar surface area (TPSA) is 92.3 Å². The number of nitrogens with zero attached hydrogens (tertiary/aromatic N) is 4. The van der Waals surface area contributed by atoms with Crippen molar-refractivity contribution in [1.29, 1.82) is 0 Å². The molecule has 1 saturated heterocycles. The van der Waals surface area contributed by atoms with Gasteiger partial charge in [-0.25, -0.2) is 9.97 Å². The van der Waals surface area contributed by atoms with Crippen LogP contribution in [0.15, 0.2) is 73.6 Å². The van der Waals surface area contributed by atoms with Crippen molar-refractivity contribution in [2.75, 3.05) is 30.3 Å². The highest BCUT2D eigenvalue weighted by atomic mass is 16.5. The molecule has 1 aliphatic rings. The van der Waals surface area contributed by atoms with Gasteiger partial charge in [0.25, 0.3) is 0 Å². The molecule has 1 fully saturated rings. The fraction of sp³-hybridized carbons (Fsp3) is 0.250. The van der Waals surface area contributed by atoms with Crippen LogP contribution in [0.25, 0.3) is 0 Å². The number of carbonyl (C=O) groups is 1. The maximum Gasteiger partial charge on any atom is 0.245 e. The second kappa shape index (κ2) is 10.4. The summed E-state index contributed by atoms with van der Waals surface area (Å²) in [5.74, 6) is 3.00. The average molecular weight is 431 g/mol. The molecule has 4 rings (SSSR count). The van der Waals surface area contributed by atoms with Crippen molar-refractivity contribution in [3.05, 3.63) is 73.6 Å². The van der Waals surface area contributed by atoms with E-state index in [1.807, 2.05) is 59.5 Å². The zero-order chi connectivity index (χ0) is 22.2. The molecule has 2 N–H and O–H groups in total. The largest absolute Gasteiger partial charge is 0.457 e. The van der Waals surface area contributed by atoms with Crippen LogP contribution in [0, 0.1) is 5.92 Å². The molecule has 0 atom stereocenters. The highest BCUT2D eigenvalue weighted by Gasteiger charge is 2.21. The molecule has 2 aromatic carbocycles. The van der Waals surface area contributed by atoms with Gasteiger partial charge in [-0.2, -0.15) is 4.98 Å². The SMILES string of the molecule is C=CC(=O)N1CCC(CNc2ncnc(Nc3ccc(Oc4ccccc4)cc3)n2)CC1. The van der Waals surface area contributed by atoms with Gasteiger partial charge in [0, 0.05) is 25.3 Å². The number of aromatic nitrogens is 3. The van der Waals surface area contributed by atoms with Crippen molar-refractivity contribution in [2.24, 2.45) is 5.92 Å². The third kappa shape index (κ3) is 5.81. The number of anilines is 3. The molecule has 0 unspecified atom stereocenters. The maximum atomic E-state index is 11.7. The molecule has 2 heterocycles. The van der Waals surface area contributed by atoms with E-state index in [9.17, 15) is 4.79 Å². The van der Waals surface area contributed by atoms with Gasteiger partial charge in [0.05, 0.1) is 0 Å². The molecule has 1 amide bonds. The fourth-order valence-electron chi connectivity index (χ4n) is 3.52. The summed E-state index contributed by atoms with van der Waals surface area (Å²) >= 11 is 0. The molecule has 0 bridgehead atoms. The van der Waals surface area contributed by atoms with E-state index >= 15 is 0 Å². The minimum absolute atomic E-state index is 0.00394. The monoisotopic (exact) mass is 430 g/mol. The Hall–Kier alpha value is -3.94. The lowest BCUT2D eigenvalue weighted by Crippen LogP contribution is -2.39. The van der Waals surface area contributed by atoms with Gasteiger partial charge < -0.3 is 20.3 Å². The van der Waals surface area contributed by atoms with Crippen molar-refractivity contribution >= 4 is 23.5 Å². The van der Waals surface area contributed by atoms with E-state index in [1.165, 1.54) is 12.4 Å². The van der Waals surface area contributed by atoms with Gasteiger partial charge >= 0.3 is 0 Å². The lowest BCUT2D eigenvalue weighted by molar-refractivity contribution is -0.127. The summed E-state index contributed by atoms with van der Waals surface area (Å²) < 4.78 is 5.81. The summed E-state index contributed by atoms with van der Waals surface area (Å²) in [4.78, 5) is 26.4. The first-order valence-corrected chi connectivity index (χ1v) is 10.6. The van der Waals surface area contributed by atoms with Crippen LogP contribution >= 0.6 is 0 Å². The van der Waals surface area contributed by atoms with Crippen molar-refractivity contribution in [3.63, 3.8) is 0 Å². The molecular weight excluding hydrogens is 404 g/mol. The quantitative estimate of drug-likeness (QED) is 0.516. The molecule has 32 heavy (non-hydrogen) atoms. The van der Waals surface area contributed by atoms with Crippen molar-refractivity contribution < 1.29 is 9.53 Å². The smallest absolute Gasteiger partial charge is 0.245 e. The predicted molar refractivity (Wildman–Crippen MR) is 124 cm³/mol. The summed E-state index contributed by atoms with van der Waals surface area (Å²) in [6, 6.07) is 17.2. The molecule has 8 heteroatoms. The maximum absolute atomic E-state index is 11.7. The molecular formula is C24H26N6O2. The number of ether oxygens (including phenoxy) is 1. The number of carbonyl (C=O) groups excluding carboxylic acids is 1. The number of amides is 1. The average Bonchev–Trinajstić information content (AvgIpc) is 2.85. The standard InChI is InChI=1S/C24H26N6O2/c1-2-22(31)30-14-12-18(13-15-30)16-25-23-26-17-27-24(29-23)28-19-8-10-21(11-9-19)32-20-6-4-3-5-7-20/h2-11,17-18H,1,12-16H2,(H2,25,26,27,28,29). The Labute approximate surface area is 187 Å². The zero-order valence-electron chi connectivity index (χ0n) is 17.8. The lowest BCUT2D eigenvalue weighted by atomic mass is 9.97. The Kier molecular flexibility index (Phi) is 6.91. The van der Waals surface area contributed by atoms with Crippen molar-refractivity contribution in [2.45, 2.75) is 12.8 Å². The first-order valence-electron chi connectivity index (χ1n) is 10.6. The normalized spacial score (nSPS) is 13.9. The second-order valence-corrected chi connectivity index (χ2v) is 7.55. The summed E-state index contributed by atoms with van der Waals surface area (Å²) in [5, 5.41) is 6.48. The van der Waals surface area contributed by atoms with Crippen LogP contribution in [0.3, 0.4) is 0 Å². The number of rotatable bonds is 8. The molecule has 1 aromatic heterocycles. The highest BCUT2D eigenvalue weighted by Crippen LogP contribution is 2.24. The number of hydrogen-bond donors (Lipinski definition) is 2. The van der Waals surface area contributed by atoms with E-state index in [0.717, 1.165) is 49.7 Å². The summed E-state index contributed by atoms with van der Waals surface area (Å²) in [6.07, 6.45) is 4.75. The Bertz CT molecular complexity index is 1030. The zero-order valence-corrected chi connectivity index (χ0v) is 17.8. The third-order valence-electron chi connectivity index (χ3n) is 5.31. The Morgan fingerprint density at radius 2 is 1.72 bits per heavy atom. The van der Waals surface area contributed by atoms with Crippen molar-refractivity contribution in [3.8, 4) is 11.5 Å². The molecule has 0 saturated carbocycles. The van der Waals surface area contributed by atoms with E-state index in [1.54, 1.807) is 0 Å². The summed E-state index contributed by atoms with van der Waals surface area (Å²) in [5.41, 5.74) is 0.849. The Morgan fingerprint density at radius 1 is 1.03 bits per heavy atom. The van der Waals surface area contributed by atoms with Crippen LogP contribution in [0.4, 0.5) is 17.6 Å². The number of likely N-dealkylation sites (tertiary alicyclic amines) is 1. The van der Waals surface area contributed by atoms with E-state index in [-0.39, 0.29) is 5.91 Å². The van der Waals surface area contributed by atoms with Gasteiger partial charge in [-0.3, -0.25) is 4.79 Å². The van der Waals surface area contributed by atoms with Gasteiger partial charge in [0.1, 0.15) is 17.8 Å². The van der Waals surface area contributed by atoms with Gasteiger partial charge in [-0.15, -0.1) is 0 Å². The van der Waals surface area contributed by atoms with Crippen LogP contribution in [-0.2, 0) is 4.79 Å². The van der Waals surface area contributed by atoms with E-state index in [4.69, 9.17) is 4.74 Å². The molecule has 0 radical (unpaired) electrons. The molecule has 0 aliphatic carbocycles. The van der Waals surface area contributed by atoms with Gasteiger partial charge in [0.15, 0.2) is 0 Å². The fourth-order valence-corrected chi connectivity index (χ4v) is 3.52. The summed E-state index contributed by atoms with van der Waals surface area (Å²) in [6.45, 7) is 5.82. The van der Waals surface area contributed by atoms with Crippen LogP contribution < -0.4 is 15.4 Å². The predicted octanol–water partition coefficient (Wildman–Crippen LogP) is 4.24. The Morgan fingerprint density at radius 3 is 2.44 bits per heavy atom. The van der Waals surface area contributed by atoms with Crippen LogP contribution in [-0.4, -0.2) is 45.4 Å². The summed E-state index contributed by atoms with van der Waals surface area (Å²) in [7, 11) is 0. The number of piperidine rings is 1. The van der Waals surface area contributed by atoms with E-state index in [2.05, 4.69) is 32.2 Å². The number of nitrogens with one attached hydrogen (secondary N) is 2. The minimum Gasteiger partial charge on any atom is -0.457 e. The lowest BCUT2D eigenvalue weighted by Gasteiger charge is -2.31. The van der Waals surface area contributed by atoms with Crippen molar-refractivity contribution in [1.82, 2.24) is 19.9 Å². The molecule has 8 nitrogen and oxygen atoms in total. The second-order valence-electron chi connectivity index (χ2n) is 7.55. The van der Waals surface area contributed by atoms with Crippen LogP contribution in [0.1, 0.15) is 12.8 Å². The minimum atomic E-state index is 0.00394. The molecule has 164 valence electrons. The van der Waals surface area contributed by atoms with Gasteiger partial charge in [-0.05, 0) is 61.2 Å². The molecule has 3 aromatic rings. The van der Waals surface area contributed by atoms with Crippen LogP contribution in [0.5, 0.6) is 11.5 Å². The third-order valence-corrected chi connectivity index (χ3v) is 5.31. The molecule has 0 spiro atoms. The first-order chi connectivity index (χ1) is 15.7. The number of benzene rings is 2. The van der Waals surface area contributed by atoms with Gasteiger partial charge in [0.2, 0.25) is 17.8 Å². The first kappa shape index (κ1) is 21.3. The highest BCUT2D eigenvalue weighted by molar-refractivity contribution is 5.87.